The van der Waals surface area contributed by atoms with Crippen molar-refractivity contribution in [2.75, 3.05) is 6.54 Å². The molecule has 1 aromatic carbocycles. The van der Waals surface area contributed by atoms with Gasteiger partial charge in [-0.25, -0.2) is 0 Å². The summed E-state index contributed by atoms with van der Waals surface area (Å²) in [5.41, 5.74) is 1.29. The van der Waals surface area contributed by atoms with Crippen LogP contribution in [0.5, 0.6) is 0 Å². The van der Waals surface area contributed by atoms with E-state index in [1.165, 1.54) is 16.9 Å². The smallest absolute Gasteiger partial charge is 0.243 e. The molecule has 0 spiro atoms. The third kappa shape index (κ3) is 2.98. The van der Waals surface area contributed by atoms with Gasteiger partial charge in [-0.1, -0.05) is 23.4 Å². The molecular weight excluding hydrogens is 258 g/mol. The van der Waals surface area contributed by atoms with Gasteiger partial charge in [0.1, 0.15) is 0 Å². The van der Waals surface area contributed by atoms with Crippen LogP contribution in [0.3, 0.4) is 0 Å². The lowest BCUT2D eigenvalue weighted by molar-refractivity contribution is 0.342. The van der Waals surface area contributed by atoms with Crippen LogP contribution in [0.4, 0.5) is 0 Å². The van der Waals surface area contributed by atoms with Crippen molar-refractivity contribution in [2.24, 2.45) is 0 Å². The Kier molecular flexibility index (Phi) is 3.84. The molecule has 3 rings (SSSR count). The Balaban J connectivity index is 1.63. The fourth-order valence-electron chi connectivity index (χ4n) is 2.22. The number of hydrogen-bond acceptors (Lipinski definition) is 5. The van der Waals surface area contributed by atoms with E-state index in [0.717, 1.165) is 30.4 Å². The van der Waals surface area contributed by atoms with E-state index in [0.29, 0.717) is 0 Å². The van der Waals surface area contributed by atoms with Crippen LogP contribution in [0.2, 0.25) is 0 Å². The average Bonchev–Trinajstić information content (AvgIpc) is 3.09. The molecule has 1 fully saturated rings. The minimum atomic E-state index is 0.254. The molecule has 0 aliphatic carbocycles. The molecule has 2 heterocycles. The van der Waals surface area contributed by atoms with Crippen molar-refractivity contribution in [2.45, 2.75) is 36.5 Å². The Morgan fingerprint density at radius 2 is 2.32 bits per heavy atom. The zero-order chi connectivity index (χ0) is 13.1. The van der Waals surface area contributed by atoms with E-state index in [1.807, 2.05) is 0 Å². The number of nitrogens with one attached hydrogen (secondary N) is 1. The minimum absolute atomic E-state index is 0.254. The summed E-state index contributed by atoms with van der Waals surface area (Å²) in [5.74, 6) is 2.26. The van der Waals surface area contributed by atoms with E-state index in [4.69, 9.17) is 4.52 Å². The maximum absolute atomic E-state index is 5.33. The molecular formula is C14H17N3OS. The van der Waals surface area contributed by atoms with Crippen LogP contribution in [-0.4, -0.2) is 16.7 Å². The largest absolute Gasteiger partial charge is 0.338 e. The maximum Gasteiger partial charge on any atom is 0.243 e. The molecule has 5 heteroatoms. The first-order valence-corrected chi connectivity index (χ1v) is 7.56. The Morgan fingerprint density at radius 3 is 3.11 bits per heavy atom. The fourth-order valence-corrected chi connectivity index (χ4v) is 3.10. The third-order valence-corrected chi connectivity index (χ3v) is 4.46. The van der Waals surface area contributed by atoms with Gasteiger partial charge >= 0.3 is 0 Å². The van der Waals surface area contributed by atoms with Crippen LogP contribution in [0.25, 0.3) is 0 Å². The Labute approximate surface area is 117 Å². The Hall–Kier alpha value is -1.33. The first-order valence-electron chi connectivity index (χ1n) is 6.57. The van der Waals surface area contributed by atoms with Gasteiger partial charge in [0.2, 0.25) is 5.89 Å². The third-order valence-electron chi connectivity index (χ3n) is 3.29. The maximum atomic E-state index is 5.33. The highest BCUT2D eigenvalue weighted by Gasteiger charge is 2.22. The van der Waals surface area contributed by atoms with Crippen molar-refractivity contribution in [3.63, 3.8) is 0 Å². The van der Waals surface area contributed by atoms with Gasteiger partial charge in [-0.2, -0.15) is 4.98 Å². The number of thioether (sulfide) groups is 1. The van der Waals surface area contributed by atoms with Gasteiger partial charge in [0.15, 0.2) is 5.82 Å². The molecule has 1 aliphatic rings. The van der Waals surface area contributed by atoms with E-state index in [9.17, 15) is 0 Å². The van der Waals surface area contributed by atoms with Crippen molar-refractivity contribution in [1.29, 1.82) is 0 Å². The molecule has 1 unspecified atom stereocenters. The zero-order valence-electron chi connectivity index (χ0n) is 10.9. The van der Waals surface area contributed by atoms with Crippen LogP contribution in [0, 0.1) is 6.92 Å². The molecule has 0 bridgehead atoms. The molecule has 1 N–H and O–H groups in total. The molecule has 100 valence electrons. The van der Waals surface area contributed by atoms with Crippen molar-refractivity contribution >= 4 is 11.8 Å². The van der Waals surface area contributed by atoms with Gasteiger partial charge in [-0.05, 0) is 37.9 Å². The lowest BCUT2D eigenvalue weighted by atomic mass is 10.2. The number of nitrogens with zero attached hydrogens (tertiary/aromatic N) is 2. The summed E-state index contributed by atoms with van der Waals surface area (Å²) >= 11 is 1.75. The number of rotatable bonds is 4. The number of hydrogen-bond donors (Lipinski definition) is 1. The molecule has 0 saturated carbocycles. The van der Waals surface area contributed by atoms with Gasteiger partial charge in [0, 0.05) is 4.90 Å². The van der Waals surface area contributed by atoms with Crippen LogP contribution in [0.1, 0.15) is 36.2 Å². The molecule has 1 aromatic heterocycles. The average molecular weight is 275 g/mol. The van der Waals surface area contributed by atoms with E-state index in [-0.39, 0.29) is 6.04 Å². The van der Waals surface area contributed by atoms with E-state index < -0.39 is 0 Å². The normalized spacial score (nSPS) is 18.9. The van der Waals surface area contributed by atoms with Gasteiger partial charge in [0.25, 0.3) is 0 Å². The van der Waals surface area contributed by atoms with Crippen molar-refractivity contribution < 1.29 is 4.52 Å². The van der Waals surface area contributed by atoms with Gasteiger partial charge < -0.3 is 9.84 Å². The van der Waals surface area contributed by atoms with E-state index >= 15 is 0 Å². The molecule has 1 atom stereocenters. The highest BCUT2D eigenvalue weighted by atomic mass is 32.2. The number of aryl methyl sites for hydroxylation is 1. The standard InChI is InChI=1S/C14H17N3OS/c1-10-5-2-3-7-12(10)19-9-13-16-14(18-17-13)11-6-4-8-15-11/h2-3,5,7,11,15H,4,6,8-9H2,1H3. The lowest BCUT2D eigenvalue weighted by Gasteiger charge is -2.02. The molecule has 0 amide bonds. The number of aromatic nitrogens is 2. The van der Waals surface area contributed by atoms with Crippen molar-refractivity contribution in [1.82, 2.24) is 15.5 Å². The van der Waals surface area contributed by atoms with Crippen LogP contribution in [0.15, 0.2) is 33.7 Å². The van der Waals surface area contributed by atoms with Crippen LogP contribution in [-0.2, 0) is 5.75 Å². The zero-order valence-corrected chi connectivity index (χ0v) is 11.7. The highest BCUT2D eigenvalue weighted by molar-refractivity contribution is 7.98. The SMILES string of the molecule is Cc1ccccc1SCc1noc(C2CCCN2)n1. The summed E-state index contributed by atoms with van der Waals surface area (Å²) in [6.07, 6.45) is 2.27. The summed E-state index contributed by atoms with van der Waals surface area (Å²) in [6.45, 7) is 3.16. The molecule has 4 nitrogen and oxygen atoms in total. The van der Waals surface area contributed by atoms with Gasteiger partial charge in [0.05, 0.1) is 11.8 Å². The quantitative estimate of drug-likeness (QED) is 0.869. The molecule has 1 saturated heterocycles. The molecule has 19 heavy (non-hydrogen) atoms. The summed E-state index contributed by atoms with van der Waals surface area (Å²) in [6, 6.07) is 8.60. The predicted octanol–water partition coefficient (Wildman–Crippen LogP) is 3.09. The monoisotopic (exact) mass is 275 g/mol. The van der Waals surface area contributed by atoms with Crippen LogP contribution < -0.4 is 5.32 Å². The van der Waals surface area contributed by atoms with E-state index in [2.05, 4.69) is 46.6 Å². The second-order valence-corrected chi connectivity index (χ2v) is 5.77. The lowest BCUT2D eigenvalue weighted by Crippen LogP contribution is -2.13. The van der Waals surface area contributed by atoms with Crippen molar-refractivity contribution in [3.8, 4) is 0 Å². The van der Waals surface area contributed by atoms with E-state index in [1.54, 1.807) is 11.8 Å². The minimum Gasteiger partial charge on any atom is -0.338 e. The first-order chi connectivity index (χ1) is 9.33. The second-order valence-electron chi connectivity index (χ2n) is 4.75. The molecule has 0 radical (unpaired) electrons. The summed E-state index contributed by atoms with van der Waals surface area (Å²) < 4.78 is 5.33. The Morgan fingerprint density at radius 1 is 1.42 bits per heavy atom. The topological polar surface area (TPSA) is 51.0 Å². The van der Waals surface area contributed by atoms with Gasteiger partial charge in [-0.3, -0.25) is 0 Å². The summed E-state index contributed by atoms with van der Waals surface area (Å²) in [5, 5.41) is 7.42. The molecule has 2 aromatic rings. The second kappa shape index (κ2) is 5.75. The number of benzene rings is 1. The Bertz CT molecular complexity index is 549. The molecule has 1 aliphatic heterocycles. The van der Waals surface area contributed by atoms with Crippen molar-refractivity contribution in [3.05, 3.63) is 41.5 Å². The highest BCUT2D eigenvalue weighted by Crippen LogP contribution is 2.26. The predicted molar refractivity (Wildman–Crippen MR) is 75.0 cm³/mol. The summed E-state index contributed by atoms with van der Waals surface area (Å²) in [4.78, 5) is 5.75. The van der Waals surface area contributed by atoms with Crippen LogP contribution >= 0.6 is 11.8 Å². The first kappa shape index (κ1) is 12.7. The summed E-state index contributed by atoms with van der Waals surface area (Å²) in [7, 11) is 0. The fraction of sp³-hybridized carbons (Fsp3) is 0.429. The van der Waals surface area contributed by atoms with Gasteiger partial charge in [-0.15, -0.1) is 11.8 Å².